The molecule has 0 aromatic heterocycles. The molecule has 0 aliphatic heterocycles. The van der Waals surface area contributed by atoms with Crippen LogP contribution in [0.25, 0.3) is 0 Å². The van der Waals surface area contributed by atoms with Crippen LogP contribution in [0.3, 0.4) is 0 Å². The van der Waals surface area contributed by atoms with Crippen LogP contribution in [0.4, 0.5) is 0 Å². The Morgan fingerprint density at radius 2 is 1.95 bits per heavy atom. The predicted octanol–water partition coefficient (Wildman–Crippen LogP) is 2.81. The summed E-state index contributed by atoms with van der Waals surface area (Å²) in [5, 5.41) is 3.26. The van der Waals surface area contributed by atoms with Crippen LogP contribution in [0, 0.1) is 11.3 Å². The van der Waals surface area contributed by atoms with Crippen molar-refractivity contribution in [2.24, 2.45) is 17.1 Å². The molecular formula is C18H26N2O. The van der Waals surface area contributed by atoms with E-state index in [1.54, 1.807) is 0 Å². The van der Waals surface area contributed by atoms with Gasteiger partial charge in [-0.1, -0.05) is 37.3 Å². The van der Waals surface area contributed by atoms with E-state index in [0.717, 1.165) is 38.0 Å². The largest absolute Gasteiger partial charge is 0.352 e. The summed E-state index contributed by atoms with van der Waals surface area (Å²) in [5.41, 5.74) is 6.99. The van der Waals surface area contributed by atoms with Crippen molar-refractivity contribution < 1.29 is 4.79 Å². The van der Waals surface area contributed by atoms with Gasteiger partial charge in [-0.2, -0.15) is 0 Å². The van der Waals surface area contributed by atoms with E-state index in [4.69, 9.17) is 5.73 Å². The Morgan fingerprint density at radius 3 is 2.57 bits per heavy atom. The molecule has 3 N–H and O–H groups in total. The van der Waals surface area contributed by atoms with Crippen LogP contribution in [0.2, 0.25) is 0 Å². The first-order valence-corrected chi connectivity index (χ1v) is 8.20. The third kappa shape index (κ3) is 2.98. The molecule has 0 heterocycles. The molecule has 2 atom stereocenters. The maximum atomic E-state index is 12.7. The molecule has 3 heteroatoms. The maximum Gasteiger partial charge on any atom is 0.227 e. The van der Waals surface area contributed by atoms with E-state index in [1.807, 2.05) is 6.07 Å². The topological polar surface area (TPSA) is 55.1 Å². The summed E-state index contributed by atoms with van der Waals surface area (Å²) in [6, 6.07) is 10.8. The lowest BCUT2D eigenvalue weighted by Gasteiger charge is -2.37. The van der Waals surface area contributed by atoms with Crippen LogP contribution in [-0.4, -0.2) is 18.5 Å². The van der Waals surface area contributed by atoms with Crippen molar-refractivity contribution in [3.8, 4) is 0 Å². The molecule has 114 valence electrons. The Kier molecular flexibility index (Phi) is 4.03. The fraction of sp³-hybridized carbons (Fsp3) is 0.611. The van der Waals surface area contributed by atoms with Gasteiger partial charge in [0.25, 0.3) is 0 Å². The normalized spacial score (nSPS) is 35.2. The number of amides is 1. The highest BCUT2D eigenvalue weighted by molar-refractivity contribution is 5.83. The van der Waals surface area contributed by atoms with E-state index in [1.165, 1.54) is 5.56 Å². The van der Waals surface area contributed by atoms with Gasteiger partial charge in [-0.05, 0) is 43.6 Å². The molecule has 1 aromatic carbocycles. The van der Waals surface area contributed by atoms with Crippen molar-refractivity contribution in [2.45, 2.75) is 51.0 Å². The van der Waals surface area contributed by atoms with E-state index in [0.29, 0.717) is 18.5 Å². The van der Waals surface area contributed by atoms with Crippen molar-refractivity contribution >= 4 is 5.91 Å². The molecule has 1 aromatic rings. The SMILES string of the molecule is CC1CCC(CN)(C(=O)NC2CC2c2ccccc2)CC1. The highest BCUT2D eigenvalue weighted by Crippen LogP contribution is 2.43. The minimum Gasteiger partial charge on any atom is -0.352 e. The molecule has 0 spiro atoms. The van der Waals surface area contributed by atoms with Crippen molar-refractivity contribution in [1.29, 1.82) is 0 Å². The quantitative estimate of drug-likeness (QED) is 0.894. The highest BCUT2D eigenvalue weighted by atomic mass is 16.2. The number of rotatable bonds is 4. The average molecular weight is 286 g/mol. The van der Waals surface area contributed by atoms with Gasteiger partial charge in [0.15, 0.2) is 0 Å². The third-order valence-electron chi connectivity index (χ3n) is 5.44. The number of nitrogens with one attached hydrogen (secondary N) is 1. The molecule has 0 saturated heterocycles. The second-order valence-electron chi connectivity index (χ2n) is 7.00. The Labute approximate surface area is 127 Å². The number of carbonyl (C=O) groups excluding carboxylic acids is 1. The molecule has 0 bridgehead atoms. The molecule has 2 aliphatic carbocycles. The van der Waals surface area contributed by atoms with Crippen LogP contribution in [0.1, 0.15) is 50.5 Å². The van der Waals surface area contributed by atoms with Gasteiger partial charge in [0, 0.05) is 18.5 Å². The summed E-state index contributed by atoms with van der Waals surface area (Å²) >= 11 is 0. The highest BCUT2D eigenvalue weighted by Gasteiger charge is 2.45. The molecule has 3 nitrogen and oxygen atoms in total. The maximum absolute atomic E-state index is 12.7. The monoisotopic (exact) mass is 286 g/mol. The first-order valence-electron chi connectivity index (χ1n) is 8.20. The van der Waals surface area contributed by atoms with Crippen molar-refractivity contribution in [3.63, 3.8) is 0 Å². The van der Waals surface area contributed by atoms with Gasteiger partial charge < -0.3 is 11.1 Å². The van der Waals surface area contributed by atoms with E-state index in [-0.39, 0.29) is 11.3 Å². The van der Waals surface area contributed by atoms with Crippen molar-refractivity contribution in [2.75, 3.05) is 6.54 Å². The van der Waals surface area contributed by atoms with Gasteiger partial charge in [-0.25, -0.2) is 0 Å². The number of nitrogens with two attached hydrogens (primary N) is 1. The second kappa shape index (κ2) is 5.80. The number of hydrogen-bond acceptors (Lipinski definition) is 2. The zero-order valence-electron chi connectivity index (χ0n) is 12.8. The molecular weight excluding hydrogens is 260 g/mol. The molecule has 1 amide bonds. The summed E-state index contributed by atoms with van der Waals surface area (Å²) in [6.07, 6.45) is 5.19. The van der Waals surface area contributed by atoms with E-state index in [2.05, 4.69) is 36.5 Å². The molecule has 0 radical (unpaired) electrons. The molecule has 2 aliphatic rings. The summed E-state index contributed by atoms with van der Waals surface area (Å²) in [6.45, 7) is 2.75. The van der Waals surface area contributed by atoms with E-state index >= 15 is 0 Å². The van der Waals surface area contributed by atoms with Gasteiger partial charge in [-0.3, -0.25) is 4.79 Å². The van der Waals surface area contributed by atoms with Gasteiger partial charge >= 0.3 is 0 Å². The van der Waals surface area contributed by atoms with Gasteiger partial charge in [-0.15, -0.1) is 0 Å². The summed E-state index contributed by atoms with van der Waals surface area (Å²) < 4.78 is 0. The smallest absolute Gasteiger partial charge is 0.227 e. The van der Waals surface area contributed by atoms with Crippen LogP contribution in [0.5, 0.6) is 0 Å². The summed E-state index contributed by atoms with van der Waals surface area (Å²) in [4.78, 5) is 12.7. The minimum absolute atomic E-state index is 0.195. The fourth-order valence-electron chi connectivity index (χ4n) is 3.58. The molecule has 3 rings (SSSR count). The lowest BCUT2D eigenvalue weighted by atomic mass is 9.70. The fourth-order valence-corrected chi connectivity index (χ4v) is 3.58. The zero-order chi connectivity index (χ0) is 14.9. The van der Waals surface area contributed by atoms with Crippen molar-refractivity contribution in [1.82, 2.24) is 5.32 Å². The number of benzene rings is 1. The van der Waals surface area contributed by atoms with Crippen LogP contribution < -0.4 is 11.1 Å². The molecule has 2 unspecified atom stereocenters. The zero-order valence-corrected chi connectivity index (χ0v) is 12.8. The molecule has 21 heavy (non-hydrogen) atoms. The third-order valence-corrected chi connectivity index (χ3v) is 5.44. The second-order valence-corrected chi connectivity index (χ2v) is 7.00. The first kappa shape index (κ1) is 14.6. The van der Waals surface area contributed by atoms with Gasteiger partial charge in [0.2, 0.25) is 5.91 Å². The van der Waals surface area contributed by atoms with E-state index < -0.39 is 0 Å². The number of carbonyl (C=O) groups is 1. The van der Waals surface area contributed by atoms with Crippen LogP contribution in [-0.2, 0) is 4.79 Å². The average Bonchev–Trinajstić information content (AvgIpc) is 3.28. The first-order chi connectivity index (χ1) is 10.1. The van der Waals surface area contributed by atoms with Gasteiger partial charge in [0.1, 0.15) is 0 Å². The predicted molar refractivity (Wildman–Crippen MR) is 84.9 cm³/mol. The summed E-state index contributed by atoms with van der Waals surface area (Å²) in [7, 11) is 0. The Morgan fingerprint density at radius 1 is 1.29 bits per heavy atom. The molecule has 2 saturated carbocycles. The summed E-state index contributed by atoms with van der Waals surface area (Å²) in [5.74, 6) is 1.42. The minimum atomic E-state index is -0.309. The van der Waals surface area contributed by atoms with Crippen molar-refractivity contribution in [3.05, 3.63) is 35.9 Å². The number of hydrogen-bond donors (Lipinski definition) is 2. The van der Waals surface area contributed by atoms with Gasteiger partial charge in [0.05, 0.1) is 5.41 Å². The Bertz CT molecular complexity index is 491. The Hall–Kier alpha value is -1.35. The lowest BCUT2D eigenvalue weighted by molar-refractivity contribution is -0.133. The van der Waals surface area contributed by atoms with E-state index in [9.17, 15) is 4.79 Å². The van der Waals surface area contributed by atoms with Crippen LogP contribution in [0.15, 0.2) is 30.3 Å². The lowest BCUT2D eigenvalue weighted by Crippen LogP contribution is -2.48. The standard InChI is InChI=1S/C18H26N2O/c1-13-7-9-18(12-19,10-8-13)17(21)20-16-11-15(16)14-5-3-2-4-6-14/h2-6,13,15-16H,7-12,19H2,1H3,(H,20,21). The van der Waals surface area contributed by atoms with Crippen LogP contribution >= 0.6 is 0 Å². The molecule has 2 fully saturated rings. The Balaban J connectivity index is 1.59.